The van der Waals surface area contributed by atoms with Crippen LogP contribution in [0, 0.1) is 19.7 Å². The predicted molar refractivity (Wildman–Crippen MR) is 96.1 cm³/mol. The number of aliphatic imine (C=N–C) groups is 1. The summed E-state index contributed by atoms with van der Waals surface area (Å²) in [6.45, 7) is 4.06. The van der Waals surface area contributed by atoms with Crippen LogP contribution < -0.4 is 0 Å². The van der Waals surface area contributed by atoms with Crippen molar-refractivity contribution in [3.05, 3.63) is 77.4 Å². The molecule has 1 aromatic heterocycles. The van der Waals surface area contributed by atoms with Crippen molar-refractivity contribution in [1.82, 2.24) is 4.57 Å². The van der Waals surface area contributed by atoms with E-state index in [0.29, 0.717) is 0 Å². The lowest BCUT2D eigenvalue weighted by atomic mass is 10.2. The number of hydrogen-bond donors (Lipinski definition) is 1. The number of hydrogen-bond acceptors (Lipinski definition) is 2. The first-order valence-electron chi connectivity index (χ1n) is 7.33. The van der Waals surface area contributed by atoms with Gasteiger partial charge in [-0.1, -0.05) is 12.1 Å². The lowest BCUT2D eigenvalue weighted by Gasteiger charge is -2.09. The Bertz CT molecular complexity index is 864. The minimum absolute atomic E-state index is 0.233. The molecule has 0 N–H and O–H groups in total. The Morgan fingerprint density at radius 2 is 1.74 bits per heavy atom. The molecule has 4 heteroatoms. The highest BCUT2D eigenvalue weighted by Crippen LogP contribution is 2.24. The number of rotatable bonds is 3. The Hall–Kier alpha value is -2.33. The molecule has 3 aromatic rings. The molecule has 0 atom stereocenters. The van der Waals surface area contributed by atoms with Crippen LogP contribution in [-0.2, 0) is 0 Å². The van der Waals surface area contributed by atoms with Gasteiger partial charge in [0.1, 0.15) is 5.82 Å². The molecule has 0 aliphatic carbocycles. The summed E-state index contributed by atoms with van der Waals surface area (Å²) in [6, 6.07) is 16.3. The summed E-state index contributed by atoms with van der Waals surface area (Å²) in [6.07, 6.45) is 1.84. The third kappa shape index (κ3) is 3.22. The van der Waals surface area contributed by atoms with Crippen molar-refractivity contribution in [2.75, 3.05) is 0 Å². The van der Waals surface area contributed by atoms with Gasteiger partial charge in [0, 0.05) is 33.7 Å². The third-order valence-corrected chi connectivity index (χ3v) is 4.16. The van der Waals surface area contributed by atoms with Crippen molar-refractivity contribution < 1.29 is 4.39 Å². The summed E-state index contributed by atoms with van der Waals surface area (Å²) in [5, 5.41) is 0. The smallest absolute Gasteiger partial charge is 0.123 e. The number of thiol groups is 1. The molecule has 2 aromatic carbocycles. The highest BCUT2D eigenvalue weighted by Gasteiger charge is 2.09. The van der Waals surface area contributed by atoms with E-state index in [1.165, 1.54) is 12.1 Å². The fraction of sp³-hybridized carbons (Fsp3) is 0.105. The van der Waals surface area contributed by atoms with Crippen molar-refractivity contribution in [3.8, 4) is 5.69 Å². The van der Waals surface area contributed by atoms with Crippen LogP contribution in [0.2, 0.25) is 0 Å². The molecule has 0 aliphatic heterocycles. The molecule has 0 spiro atoms. The second-order valence-electron chi connectivity index (χ2n) is 5.39. The Balaban J connectivity index is 1.98. The summed E-state index contributed by atoms with van der Waals surface area (Å²) in [5.41, 5.74) is 4.95. The molecule has 0 amide bonds. The van der Waals surface area contributed by atoms with E-state index < -0.39 is 0 Å². The molecule has 1 heterocycles. The lowest BCUT2D eigenvalue weighted by Crippen LogP contribution is -1.99. The zero-order valence-corrected chi connectivity index (χ0v) is 13.9. The summed E-state index contributed by atoms with van der Waals surface area (Å²) in [7, 11) is 0. The number of para-hydroxylation sites is 1. The van der Waals surface area contributed by atoms with E-state index in [-0.39, 0.29) is 5.82 Å². The molecule has 0 unspecified atom stereocenters. The average Bonchev–Trinajstić information content (AvgIpc) is 2.82. The van der Waals surface area contributed by atoms with E-state index in [4.69, 9.17) is 0 Å². The van der Waals surface area contributed by atoms with Crippen LogP contribution in [0.3, 0.4) is 0 Å². The summed E-state index contributed by atoms with van der Waals surface area (Å²) in [5.74, 6) is -0.233. The van der Waals surface area contributed by atoms with Gasteiger partial charge < -0.3 is 4.57 Å². The van der Waals surface area contributed by atoms with Gasteiger partial charge in [-0.15, -0.1) is 12.6 Å². The molecule has 23 heavy (non-hydrogen) atoms. The normalized spacial score (nSPS) is 11.3. The zero-order valence-electron chi connectivity index (χ0n) is 13.0. The number of aromatic nitrogens is 1. The van der Waals surface area contributed by atoms with E-state index in [0.717, 1.165) is 33.2 Å². The number of benzene rings is 2. The molecule has 0 radical (unpaired) electrons. The number of aryl methyl sites for hydroxylation is 1. The van der Waals surface area contributed by atoms with Gasteiger partial charge in [0.25, 0.3) is 0 Å². The molecule has 2 nitrogen and oxygen atoms in total. The Labute approximate surface area is 140 Å². The van der Waals surface area contributed by atoms with Crippen LogP contribution in [0.1, 0.15) is 17.0 Å². The van der Waals surface area contributed by atoms with Crippen molar-refractivity contribution in [2.45, 2.75) is 18.7 Å². The van der Waals surface area contributed by atoms with E-state index in [2.05, 4.69) is 28.3 Å². The summed E-state index contributed by atoms with van der Waals surface area (Å²) in [4.78, 5) is 5.37. The second-order valence-corrected chi connectivity index (χ2v) is 5.87. The van der Waals surface area contributed by atoms with E-state index in [1.807, 2.05) is 44.3 Å². The molecule has 3 rings (SSSR count). The van der Waals surface area contributed by atoms with Gasteiger partial charge in [0.15, 0.2) is 0 Å². The largest absolute Gasteiger partial charge is 0.318 e. The second kappa shape index (κ2) is 6.42. The summed E-state index contributed by atoms with van der Waals surface area (Å²) < 4.78 is 15.2. The van der Waals surface area contributed by atoms with Gasteiger partial charge in [-0.05, 0) is 56.3 Å². The first kappa shape index (κ1) is 15.6. The number of nitrogens with zero attached hydrogens (tertiary/aromatic N) is 2. The van der Waals surface area contributed by atoms with Gasteiger partial charge >= 0.3 is 0 Å². The number of halogens is 1. The van der Waals surface area contributed by atoms with Crippen molar-refractivity contribution in [3.63, 3.8) is 0 Å². The quantitative estimate of drug-likeness (QED) is 0.499. The van der Waals surface area contributed by atoms with Gasteiger partial charge in [-0.3, -0.25) is 4.99 Å². The van der Waals surface area contributed by atoms with Crippen molar-refractivity contribution in [1.29, 1.82) is 0 Å². The Morgan fingerprint density at radius 3 is 2.43 bits per heavy atom. The van der Waals surface area contributed by atoms with E-state index >= 15 is 0 Å². The highest BCUT2D eigenvalue weighted by atomic mass is 32.1. The molecule has 0 saturated heterocycles. The average molecular weight is 324 g/mol. The first-order chi connectivity index (χ1) is 11.1. The van der Waals surface area contributed by atoms with Gasteiger partial charge in [0.2, 0.25) is 0 Å². The maximum atomic E-state index is 13.1. The molecule has 116 valence electrons. The molecular weight excluding hydrogens is 307 g/mol. The fourth-order valence-corrected chi connectivity index (χ4v) is 2.84. The van der Waals surface area contributed by atoms with Crippen LogP contribution in [0.5, 0.6) is 0 Å². The molecule has 0 bridgehead atoms. The molecule has 0 fully saturated rings. The maximum Gasteiger partial charge on any atom is 0.123 e. The van der Waals surface area contributed by atoms with Crippen LogP contribution in [-0.4, -0.2) is 10.8 Å². The zero-order chi connectivity index (χ0) is 16.4. The lowest BCUT2D eigenvalue weighted by molar-refractivity contribution is 0.627. The van der Waals surface area contributed by atoms with E-state index in [9.17, 15) is 4.39 Å². The van der Waals surface area contributed by atoms with Gasteiger partial charge in [0.05, 0.1) is 5.69 Å². The molecule has 0 aliphatic rings. The van der Waals surface area contributed by atoms with Gasteiger partial charge in [-0.25, -0.2) is 4.39 Å². The SMILES string of the molecule is Cc1cc(C=Nc2ccccc2S)c(C)n1-c1ccc(F)cc1. The third-order valence-electron chi connectivity index (χ3n) is 3.78. The molecular formula is C19H17FN2S. The van der Waals surface area contributed by atoms with Crippen LogP contribution in [0.25, 0.3) is 5.69 Å². The Morgan fingerprint density at radius 1 is 1.04 bits per heavy atom. The highest BCUT2D eigenvalue weighted by molar-refractivity contribution is 7.80. The van der Waals surface area contributed by atoms with Crippen LogP contribution in [0.15, 0.2) is 64.5 Å². The standard InChI is InChI=1S/C19H17FN2S/c1-13-11-15(12-21-18-5-3-4-6-19(18)23)14(2)22(13)17-9-7-16(20)8-10-17/h3-12,23H,1-2H3. The van der Waals surface area contributed by atoms with E-state index in [1.54, 1.807) is 12.1 Å². The predicted octanol–water partition coefficient (Wildman–Crippen LogP) is 5.27. The minimum atomic E-state index is -0.233. The summed E-state index contributed by atoms with van der Waals surface area (Å²) >= 11 is 4.41. The van der Waals surface area contributed by atoms with Crippen LogP contribution in [0.4, 0.5) is 10.1 Å². The maximum absolute atomic E-state index is 13.1. The Kier molecular flexibility index (Phi) is 4.35. The van der Waals surface area contributed by atoms with Gasteiger partial charge in [-0.2, -0.15) is 0 Å². The van der Waals surface area contributed by atoms with Crippen molar-refractivity contribution in [2.24, 2.45) is 4.99 Å². The van der Waals surface area contributed by atoms with Crippen molar-refractivity contribution >= 4 is 24.5 Å². The topological polar surface area (TPSA) is 17.3 Å². The first-order valence-corrected chi connectivity index (χ1v) is 7.78. The fourth-order valence-electron chi connectivity index (χ4n) is 2.62. The van der Waals surface area contributed by atoms with Crippen LogP contribution >= 0.6 is 12.6 Å². The minimum Gasteiger partial charge on any atom is -0.318 e. The molecule has 0 saturated carbocycles. The monoisotopic (exact) mass is 324 g/mol.